The number of carbonyl (C=O) groups excluding carboxylic acids is 3. The van der Waals surface area contributed by atoms with Gasteiger partial charge in [-0.25, -0.2) is 4.79 Å². The van der Waals surface area contributed by atoms with Gasteiger partial charge in [0.25, 0.3) is 0 Å². The first-order chi connectivity index (χ1) is 17.4. The number of aliphatic carboxylic acids is 1. The van der Waals surface area contributed by atoms with Gasteiger partial charge in [-0.3, -0.25) is 19.4 Å². The largest absolute Gasteiger partial charge is 0.480 e. The zero-order chi connectivity index (χ0) is 28.0. The summed E-state index contributed by atoms with van der Waals surface area (Å²) in [5.41, 5.74) is 17.1. The first-order valence-corrected chi connectivity index (χ1v) is 12.7. The minimum atomic E-state index is -1.20. The van der Waals surface area contributed by atoms with Crippen LogP contribution in [0.2, 0.25) is 0 Å². The monoisotopic (exact) mass is 537 g/mol. The second kappa shape index (κ2) is 16.4. The molecule has 0 radical (unpaired) electrons. The number of carboxylic acids is 1. The Morgan fingerprint density at radius 1 is 0.946 bits per heavy atom. The Balaban J connectivity index is 3.01. The molecule has 4 unspecified atom stereocenters. The third kappa shape index (κ3) is 12.5. The van der Waals surface area contributed by atoms with E-state index in [1.807, 2.05) is 19.9 Å². The number of nitrogens with two attached hydrogens (primary N) is 3. The molecule has 0 aliphatic carbocycles. The summed E-state index contributed by atoms with van der Waals surface area (Å²) in [5, 5.41) is 17.4. The maximum Gasteiger partial charge on any atom is 0.326 e. The molecular weight excluding hydrogens is 498 g/mol. The molecule has 0 saturated heterocycles. The number of thiol groups is 1. The van der Waals surface area contributed by atoms with E-state index in [9.17, 15) is 24.3 Å². The van der Waals surface area contributed by atoms with Crippen molar-refractivity contribution in [1.82, 2.24) is 16.0 Å². The highest BCUT2D eigenvalue weighted by molar-refractivity contribution is 7.80. The van der Waals surface area contributed by atoms with Gasteiger partial charge in [-0.2, -0.15) is 12.6 Å². The molecule has 1 rings (SSSR count). The summed E-state index contributed by atoms with van der Waals surface area (Å²) in [4.78, 5) is 54.3. The molecule has 0 aliphatic rings. The predicted molar refractivity (Wildman–Crippen MR) is 145 cm³/mol. The fourth-order valence-corrected chi connectivity index (χ4v) is 3.60. The molecule has 0 heterocycles. The number of carbonyl (C=O) groups is 4. The lowest BCUT2D eigenvalue weighted by Crippen LogP contribution is -2.57. The van der Waals surface area contributed by atoms with Gasteiger partial charge in [0.1, 0.15) is 18.1 Å². The Hall–Kier alpha value is -3.32. The number of rotatable bonds is 16. The minimum Gasteiger partial charge on any atom is -0.480 e. The van der Waals surface area contributed by atoms with E-state index in [2.05, 4.69) is 33.6 Å². The lowest BCUT2D eigenvalue weighted by atomic mass is 10.0. The van der Waals surface area contributed by atoms with Crippen LogP contribution in [0.25, 0.3) is 0 Å². The summed E-state index contributed by atoms with van der Waals surface area (Å²) in [6.07, 6.45) is 0.871. The van der Waals surface area contributed by atoms with Gasteiger partial charge in [-0.05, 0) is 30.7 Å². The van der Waals surface area contributed by atoms with Crippen LogP contribution in [-0.2, 0) is 25.6 Å². The smallest absolute Gasteiger partial charge is 0.326 e. The summed E-state index contributed by atoms with van der Waals surface area (Å²) in [7, 11) is 0. The maximum atomic E-state index is 13.2. The van der Waals surface area contributed by atoms with Crippen LogP contribution in [0, 0.1) is 5.92 Å². The Bertz CT molecular complexity index is 925. The molecule has 0 spiro atoms. The van der Waals surface area contributed by atoms with Gasteiger partial charge in [0.15, 0.2) is 5.96 Å². The molecule has 37 heavy (non-hydrogen) atoms. The number of hydrogen-bond acceptors (Lipinski definition) is 7. The molecule has 0 saturated carbocycles. The summed E-state index contributed by atoms with van der Waals surface area (Å²) >= 11 is 4.01. The Labute approximate surface area is 222 Å². The molecule has 1 aromatic rings. The summed E-state index contributed by atoms with van der Waals surface area (Å²) in [5.74, 6) is -3.04. The van der Waals surface area contributed by atoms with E-state index in [0.717, 1.165) is 5.56 Å². The highest BCUT2D eigenvalue weighted by atomic mass is 32.1. The average Bonchev–Trinajstić information content (AvgIpc) is 2.84. The van der Waals surface area contributed by atoms with Crippen LogP contribution in [0.1, 0.15) is 38.7 Å². The molecule has 0 fully saturated rings. The minimum absolute atomic E-state index is 0.000892. The quantitative estimate of drug-likeness (QED) is 0.0572. The van der Waals surface area contributed by atoms with Crippen molar-refractivity contribution in [3.63, 3.8) is 0 Å². The molecule has 12 nitrogen and oxygen atoms in total. The third-order valence-corrected chi connectivity index (χ3v) is 5.74. The molecule has 0 aromatic heterocycles. The van der Waals surface area contributed by atoms with Crippen molar-refractivity contribution in [3.8, 4) is 0 Å². The Kier molecular flexibility index (Phi) is 14.1. The molecule has 13 heteroatoms. The number of hydrogen-bond donors (Lipinski definition) is 8. The van der Waals surface area contributed by atoms with Crippen molar-refractivity contribution in [1.29, 1.82) is 0 Å². The Morgan fingerprint density at radius 2 is 1.51 bits per heavy atom. The number of carboxylic acid groups (broad SMARTS) is 1. The van der Waals surface area contributed by atoms with Gasteiger partial charge in [0.2, 0.25) is 17.7 Å². The van der Waals surface area contributed by atoms with Crippen LogP contribution in [0.5, 0.6) is 0 Å². The van der Waals surface area contributed by atoms with Crippen molar-refractivity contribution in [2.75, 3.05) is 12.3 Å². The van der Waals surface area contributed by atoms with Crippen LogP contribution >= 0.6 is 12.6 Å². The summed E-state index contributed by atoms with van der Waals surface area (Å²) in [6, 6.07) is 4.72. The molecule has 10 N–H and O–H groups in total. The third-order valence-electron chi connectivity index (χ3n) is 5.35. The van der Waals surface area contributed by atoms with Gasteiger partial charge in [-0.15, -0.1) is 0 Å². The number of benzene rings is 1. The number of nitrogens with zero attached hydrogens (tertiary/aromatic N) is 1. The summed E-state index contributed by atoms with van der Waals surface area (Å²) in [6.45, 7) is 3.97. The number of guanidine groups is 1. The van der Waals surface area contributed by atoms with E-state index in [4.69, 9.17) is 17.2 Å². The van der Waals surface area contributed by atoms with E-state index < -0.39 is 47.9 Å². The van der Waals surface area contributed by atoms with Crippen LogP contribution in [0.4, 0.5) is 0 Å². The zero-order valence-electron chi connectivity index (χ0n) is 21.2. The average molecular weight is 538 g/mol. The van der Waals surface area contributed by atoms with E-state index >= 15 is 0 Å². The highest BCUT2D eigenvalue weighted by Crippen LogP contribution is 2.09. The zero-order valence-corrected chi connectivity index (χ0v) is 22.1. The van der Waals surface area contributed by atoms with Crippen molar-refractivity contribution < 1.29 is 24.3 Å². The molecule has 1 aromatic carbocycles. The molecule has 0 bridgehead atoms. The normalized spacial score (nSPS) is 14.1. The topological polar surface area (TPSA) is 215 Å². The van der Waals surface area contributed by atoms with Crippen molar-refractivity contribution >= 4 is 42.3 Å². The van der Waals surface area contributed by atoms with Crippen LogP contribution in [0.15, 0.2) is 35.3 Å². The van der Waals surface area contributed by atoms with Gasteiger partial charge < -0.3 is 38.3 Å². The lowest BCUT2D eigenvalue weighted by molar-refractivity contribution is -0.142. The van der Waals surface area contributed by atoms with Crippen LogP contribution in [0.3, 0.4) is 0 Å². The standard InChI is InChI=1S/C24H39N7O5S/c1-14(2)11-18(22(34)31-19(23(35)36)12-15-7-4-3-5-8-15)30-21(33)17(9-6-10-28-24(26)27)29-20(32)16(25)13-37/h3-5,7-8,14,16-19,37H,6,9-13,25H2,1-2H3,(H,29,32)(H,30,33)(H,31,34)(H,35,36)(H4,26,27,28). The first kappa shape index (κ1) is 31.7. The molecule has 0 aliphatic heterocycles. The first-order valence-electron chi connectivity index (χ1n) is 12.0. The number of nitrogens with one attached hydrogen (secondary N) is 3. The number of aliphatic imine (C=N–C) groups is 1. The molecular formula is C24H39N7O5S. The van der Waals surface area contributed by atoms with Crippen molar-refractivity contribution in [3.05, 3.63) is 35.9 Å². The highest BCUT2D eigenvalue weighted by Gasteiger charge is 2.30. The van der Waals surface area contributed by atoms with E-state index in [1.54, 1.807) is 24.3 Å². The summed E-state index contributed by atoms with van der Waals surface area (Å²) < 4.78 is 0. The van der Waals surface area contributed by atoms with Crippen molar-refractivity contribution in [2.45, 2.75) is 63.7 Å². The van der Waals surface area contributed by atoms with E-state index in [-0.39, 0.29) is 43.4 Å². The van der Waals surface area contributed by atoms with Crippen molar-refractivity contribution in [2.24, 2.45) is 28.1 Å². The van der Waals surface area contributed by atoms with Crippen LogP contribution < -0.4 is 33.2 Å². The lowest BCUT2D eigenvalue weighted by Gasteiger charge is -2.26. The number of amides is 3. The molecule has 4 atom stereocenters. The van der Waals surface area contributed by atoms with Crippen LogP contribution in [-0.4, -0.2) is 71.2 Å². The van der Waals surface area contributed by atoms with Gasteiger partial charge in [0, 0.05) is 18.7 Å². The predicted octanol–water partition coefficient (Wildman–Crippen LogP) is -0.875. The molecule has 3 amide bonds. The fourth-order valence-electron chi connectivity index (χ4n) is 3.43. The maximum absolute atomic E-state index is 13.2. The Morgan fingerprint density at radius 3 is 2.05 bits per heavy atom. The molecule has 206 valence electrons. The van der Waals surface area contributed by atoms with Gasteiger partial charge >= 0.3 is 5.97 Å². The second-order valence-electron chi connectivity index (χ2n) is 9.08. The van der Waals surface area contributed by atoms with Gasteiger partial charge in [0.05, 0.1) is 6.04 Å². The fraction of sp³-hybridized carbons (Fsp3) is 0.542. The van der Waals surface area contributed by atoms with Gasteiger partial charge in [-0.1, -0.05) is 44.2 Å². The van der Waals surface area contributed by atoms with E-state index in [0.29, 0.717) is 6.42 Å². The van der Waals surface area contributed by atoms with E-state index in [1.165, 1.54) is 0 Å². The second-order valence-corrected chi connectivity index (χ2v) is 9.44. The SMILES string of the molecule is CC(C)CC(NC(=O)C(CCCN=C(N)N)NC(=O)C(N)CS)C(=O)NC(Cc1ccccc1)C(=O)O.